The minimum atomic E-state index is -5.91. The maximum Gasteiger partial charge on any atom is 0.463 e. The largest absolute Gasteiger partial charge is 0.463 e. The predicted octanol–water partition coefficient (Wildman–Crippen LogP) is 2.24. The van der Waals surface area contributed by atoms with Crippen molar-refractivity contribution in [2.45, 2.75) is 12.1 Å². The van der Waals surface area contributed by atoms with Crippen molar-refractivity contribution < 1.29 is 26.7 Å². The first-order chi connectivity index (χ1) is 7.68. The van der Waals surface area contributed by atoms with Crippen LogP contribution in [0.15, 0.2) is 24.5 Å². The van der Waals surface area contributed by atoms with Crippen LogP contribution < -0.4 is 4.90 Å². The summed E-state index contributed by atoms with van der Waals surface area (Å²) in [4.78, 5) is 14.8. The predicted molar refractivity (Wildman–Crippen MR) is 48.6 cm³/mol. The fourth-order valence-electron chi connectivity index (χ4n) is 1.02. The molecule has 0 saturated heterocycles. The lowest BCUT2D eigenvalue weighted by Crippen LogP contribution is -2.51. The van der Waals surface area contributed by atoms with Crippen LogP contribution in [0, 0.1) is 0 Å². The molecule has 94 valence electrons. The molecule has 0 aliphatic carbocycles. The molecule has 1 rings (SSSR count). The zero-order valence-corrected chi connectivity index (χ0v) is 8.50. The van der Waals surface area contributed by atoms with E-state index in [0.29, 0.717) is 0 Å². The van der Waals surface area contributed by atoms with Crippen molar-refractivity contribution in [1.82, 2.24) is 4.98 Å². The van der Waals surface area contributed by atoms with Gasteiger partial charge in [0.2, 0.25) is 0 Å². The van der Waals surface area contributed by atoms with E-state index in [4.69, 9.17) is 0 Å². The number of hydrogen-bond donors (Lipinski definition) is 0. The third kappa shape index (κ3) is 2.51. The lowest BCUT2D eigenvalue weighted by molar-refractivity contribution is -0.268. The zero-order chi connectivity index (χ0) is 13.3. The zero-order valence-electron chi connectivity index (χ0n) is 8.50. The number of carbonyl (C=O) groups excluding carboxylic acids is 1. The van der Waals surface area contributed by atoms with Gasteiger partial charge in [-0.05, 0) is 12.1 Å². The van der Waals surface area contributed by atoms with E-state index in [1.807, 2.05) is 0 Å². The summed E-state index contributed by atoms with van der Waals surface area (Å²) in [5, 5.41) is 0. The van der Waals surface area contributed by atoms with Crippen LogP contribution in [-0.4, -0.2) is 30.0 Å². The van der Waals surface area contributed by atoms with E-state index in [1.54, 1.807) is 0 Å². The average molecular weight is 254 g/mol. The number of nitrogens with zero attached hydrogens (tertiary/aromatic N) is 2. The fraction of sp³-hybridized carbons (Fsp3) is 0.333. The summed E-state index contributed by atoms with van der Waals surface area (Å²) in [6, 6.07) is 2.29. The van der Waals surface area contributed by atoms with E-state index >= 15 is 0 Å². The molecule has 0 aromatic carbocycles. The molecular formula is C9H7F5N2O. The molecule has 0 radical (unpaired) electrons. The molecule has 0 N–H and O–H groups in total. The SMILES string of the molecule is CN(C(=O)C(F)(F)C(F)(F)F)c1ccncc1. The number of hydrogen-bond acceptors (Lipinski definition) is 2. The van der Waals surface area contributed by atoms with Gasteiger partial charge in [-0.2, -0.15) is 22.0 Å². The highest BCUT2D eigenvalue weighted by Gasteiger charge is 2.64. The Hall–Kier alpha value is -1.73. The van der Waals surface area contributed by atoms with Gasteiger partial charge in [0.25, 0.3) is 0 Å². The minimum Gasteiger partial charge on any atom is -0.310 e. The second kappa shape index (κ2) is 4.27. The number of anilines is 1. The Balaban J connectivity index is 2.99. The van der Waals surface area contributed by atoms with Gasteiger partial charge in [-0.3, -0.25) is 9.78 Å². The second-order valence-electron chi connectivity index (χ2n) is 3.14. The van der Waals surface area contributed by atoms with Crippen molar-refractivity contribution in [2.75, 3.05) is 11.9 Å². The Kier molecular flexibility index (Phi) is 3.35. The van der Waals surface area contributed by atoms with Crippen LogP contribution >= 0.6 is 0 Å². The Morgan fingerprint density at radius 1 is 1.18 bits per heavy atom. The van der Waals surface area contributed by atoms with Crippen molar-refractivity contribution >= 4 is 11.6 Å². The topological polar surface area (TPSA) is 33.2 Å². The molecule has 0 aliphatic heterocycles. The normalized spacial score (nSPS) is 12.4. The molecule has 1 aromatic rings. The van der Waals surface area contributed by atoms with Gasteiger partial charge in [0.05, 0.1) is 0 Å². The summed E-state index contributed by atoms with van der Waals surface area (Å²) >= 11 is 0. The molecule has 0 unspecified atom stereocenters. The summed E-state index contributed by atoms with van der Waals surface area (Å²) in [5.74, 6) is -7.75. The summed E-state index contributed by atoms with van der Waals surface area (Å²) in [7, 11) is 0.831. The van der Waals surface area contributed by atoms with E-state index in [-0.39, 0.29) is 10.6 Å². The number of pyridine rings is 1. The first kappa shape index (κ1) is 13.3. The monoisotopic (exact) mass is 254 g/mol. The molecular weight excluding hydrogens is 247 g/mol. The van der Waals surface area contributed by atoms with Gasteiger partial charge in [0, 0.05) is 25.1 Å². The van der Waals surface area contributed by atoms with Crippen LogP contribution in [0.4, 0.5) is 27.6 Å². The number of alkyl halides is 5. The molecule has 3 nitrogen and oxygen atoms in total. The summed E-state index contributed by atoms with van der Waals surface area (Å²) in [5.41, 5.74) is -0.103. The number of aromatic nitrogens is 1. The summed E-state index contributed by atoms with van der Waals surface area (Å²) in [6.45, 7) is 0. The van der Waals surface area contributed by atoms with Gasteiger partial charge in [0.1, 0.15) is 0 Å². The minimum absolute atomic E-state index is 0.103. The summed E-state index contributed by atoms with van der Waals surface area (Å²) in [6.07, 6.45) is -3.57. The molecule has 0 atom stereocenters. The number of amides is 1. The average Bonchev–Trinajstić information content (AvgIpc) is 2.26. The molecule has 0 spiro atoms. The van der Waals surface area contributed by atoms with Crippen molar-refractivity contribution in [3.05, 3.63) is 24.5 Å². The standard InChI is InChI=1S/C9H7F5N2O/c1-16(6-2-4-15-5-3-6)7(17)8(10,11)9(12,13)14/h2-5H,1H3. The Morgan fingerprint density at radius 3 is 2.06 bits per heavy atom. The van der Waals surface area contributed by atoms with Crippen molar-refractivity contribution in [3.8, 4) is 0 Å². The maximum atomic E-state index is 12.7. The summed E-state index contributed by atoms with van der Waals surface area (Å²) < 4.78 is 61.3. The molecule has 17 heavy (non-hydrogen) atoms. The highest BCUT2D eigenvalue weighted by Crippen LogP contribution is 2.37. The first-order valence-electron chi connectivity index (χ1n) is 4.30. The quantitative estimate of drug-likeness (QED) is 0.758. The van der Waals surface area contributed by atoms with Gasteiger partial charge in [-0.1, -0.05) is 0 Å². The highest BCUT2D eigenvalue weighted by molar-refractivity contribution is 5.98. The van der Waals surface area contributed by atoms with Crippen molar-refractivity contribution in [1.29, 1.82) is 0 Å². The maximum absolute atomic E-state index is 12.7. The Morgan fingerprint density at radius 2 is 1.65 bits per heavy atom. The number of rotatable bonds is 2. The molecule has 0 aliphatic rings. The van der Waals surface area contributed by atoms with Crippen LogP contribution in [0.25, 0.3) is 0 Å². The molecule has 0 saturated carbocycles. The van der Waals surface area contributed by atoms with E-state index < -0.39 is 18.0 Å². The lowest BCUT2D eigenvalue weighted by atomic mass is 10.2. The molecule has 1 heterocycles. The van der Waals surface area contributed by atoms with Crippen molar-refractivity contribution in [2.24, 2.45) is 0 Å². The smallest absolute Gasteiger partial charge is 0.310 e. The molecule has 1 aromatic heterocycles. The van der Waals surface area contributed by atoms with Gasteiger partial charge in [0.15, 0.2) is 0 Å². The third-order valence-corrected chi connectivity index (χ3v) is 1.98. The first-order valence-corrected chi connectivity index (χ1v) is 4.30. The second-order valence-corrected chi connectivity index (χ2v) is 3.14. The van der Waals surface area contributed by atoms with Gasteiger partial charge in [-0.15, -0.1) is 0 Å². The van der Waals surface area contributed by atoms with E-state index in [1.165, 1.54) is 12.4 Å². The molecule has 0 fully saturated rings. The van der Waals surface area contributed by atoms with Crippen LogP contribution in [0.3, 0.4) is 0 Å². The molecule has 0 bridgehead atoms. The van der Waals surface area contributed by atoms with Crippen molar-refractivity contribution in [3.63, 3.8) is 0 Å². The van der Waals surface area contributed by atoms with Crippen LogP contribution in [-0.2, 0) is 4.79 Å². The fourth-order valence-corrected chi connectivity index (χ4v) is 1.02. The Bertz CT molecular complexity index is 404. The van der Waals surface area contributed by atoms with Gasteiger partial charge in [-0.25, -0.2) is 0 Å². The molecule has 1 amide bonds. The highest BCUT2D eigenvalue weighted by atomic mass is 19.4. The van der Waals surface area contributed by atoms with Crippen LogP contribution in [0.1, 0.15) is 0 Å². The Labute approximate surface area is 92.9 Å². The molecule has 8 heteroatoms. The van der Waals surface area contributed by atoms with Gasteiger partial charge < -0.3 is 4.90 Å². The van der Waals surface area contributed by atoms with Gasteiger partial charge >= 0.3 is 18.0 Å². The third-order valence-electron chi connectivity index (χ3n) is 1.98. The van der Waals surface area contributed by atoms with Crippen LogP contribution in [0.2, 0.25) is 0 Å². The van der Waals surface area contributed by atoms with Crippen LogP contribution in [0.5, 0.6) is 0 Å². The number of carbonyl (C=O) groups is 1. The van der Waals surface area contributed by atoms with E-state index in [0.717, 1.165) is 19.2 Å². The van der Waals surface area contributed by atoms with E-state index in [2.05, 4.69) is 4.98 Å². The number of halogens is 5. The lowest BCUT2D eigenvalue weighted by Gasteiger charge is -2.24. The van der Waals surface area contributed by atoms with E-state index in [9.17, 15) is 26.7 Å².